The van der Waals surface area contributed by atoms with E-state index in [2.05, 4.69) is 14.9 Å². The van der Waals surface area contributed by atoms with Crippen LogP contribution in [0, 0.1) is 23.4 Å². The number of carbonyl (C=O) groups is 3. The van der Waals surface area contributed by atoms with Gasteiger partial charge in [-0.25, -0.2) is 18.2 Å². The zero-order chi connectivity index (χ0) is 34.0. The number of benzene rings is 1. The van der Waals surface area contributed by atoms with Crippen molar-refractivity contribution in [1.29, 1.82) is 0 Å². The van der Waals surface area contributed by atoms with E-state index in [1.54, 1.807) is 12.5 Å². The summed E-state index contributed by atoms with van der Waals surface area (Å²) in [6.45, 7) is 8.04. The van der Waals surface area contributed by atoms with Gasteiger partial charge in [-0.3, -0.25) is 19.4 Å². The number of aromatic nitrogens is 2. The van der Waals surface area contributed by atoms with Crippen molar-refractivity contribution in [3.05, 3.63) is 70.4 Å². The number of nitrogens with zero attached hydrogens (tertiary/aromatic N) is 3. The van der Waals surface area contributed by atoms with Crippen molar-refractivity contribution in [2.24, 2.45) is 5.92 Å². The lowest BCUT2D eigenvalue weighted by Crippen LogP contribution is -2.38. The summed E-state index contributed by atoms with van der Waals surface area (Å²) >= 11 is 1.14. The molecule has 1 aliphatic heterocycles. The number of pyridine rings is 2. The summed E-state index contributed by atoms with van der Waals surface area (Å²) in [5.74, 6) is -4.10. The lowest BCUT2D eigenvalue weighted by molar-refractivity contribution is -0.156. The number of ketones is 1. The molecule has 0 bridgehead atoms. The summed E-state index contributed by atoms with van der Waals surface area (Å²) in [6, 6.07) is 4.37. The van der Waals surface area contributed by atoms with E-state index in [-0.39, 0.29) is 30.4 Å². The maximum absolute atomic E-state index is 14.9. The molecule has 2 aliphatic rings. The minimum Gasteiger partial charge on any atom is -0.460 e. The van der Waals surface area contributed by atoms with Crippen LogP contribution in [0.2, 0.25) is 0 Å². The second-order valence-electron chi connectivity index (χ2n) is 13.0. The average molecular weight is 670 g/mol. The Kier molecular flexibility index (Phi) is 10.3. The number of hydrogen-bond donors (Lipinski definition) is 0. The largest absolute Gasteiger partial charge is 0.460 e. The molecule has 0 amide bonds. The van der Waals surface area contributed by atoms with Crippen LogP contribution in [0.5, 0.6) is 0 Å². The van der Waals surface area contributed by atoms with E-state index in [4.69, 9.17) is 9.47 Å². The number of piperidine rings is 1. The van der Waals surface area contributed by atoms with Gasteiger partial charge in [0.05, 0.1) is 17.7 Å². The summed E-state index contributed by atoms with van der Waals surface area (Å²) in [5, 5.41) is 0. The average Bonchev–Trinajstić information content (AvgIpc) is 3.38. The van der Waals surface area contributed by atoms with Gasteiger partial charge in [-0.15, -0.1) is 11.8 Å². The Bertz CT molecular complexity index is 1690. The first-order chi connectivity index (χ1) is 22.2. The quantitative estimate of drug-likeness (QED) is 0.133. The van der Waals surface area contributed by atoms with Gasteiger partial charge >= 0.3 is 11.9 Å². The number of anilines is 1. The Morgan fingerprint density at radius 3 is 2.45 bits per heavy atom. The van der Waals surface area contributed by atoms with Crippen molar-refractivity contribution in [3.63, 3.8) is 0 Å². The van der Waals surface area contributed by atoms with Crippen molar-refractivity contribution >= 4 is 35.2 Å². The number of hydrogen-bond acceptors (Lipinski definition) is 9. The zero-order valence-electron chi connectivity index (χ0n) is 27.1. The van der Waals surface area contributed by atoms with Gasteiger partial charge < -0.3 is 14.4 Å². The third-order valence-corrected chi connectivity index (χ3v) is 8.92. The molecule has 5 rings (SSSR count). The molecule has 2 aromatic heterocycles. The smallest absolute Gasteiger partial charge is 0.306 e. The molecule has 1 saturated heterocycles. The molecular weight excluding hydrogens is 631 g/mol. The van der Waals surface area contributed by atoms with Gasteiger partial charge in [0.2, 0.25) is 0 Å². The van der Waals surface area contributed by atoms with E-state index < -0.39 is 52.2 Å². The van der Waals surface area contributed by atoms with Crippen LogP contribution in [0.4, 0.5) is 18.9 Å². The Labute approximate surface area is 276 Å². The third-order valence-electron chi connectivity index (χ3n) is 8.21. The van der Waals surface area contributed by atoms with E-state index in [0.29, 0.717) is 42.1 Å². The minimum absolute atomic E-state index is 0.0141. The highest BCUT2D eigenvalue weighted by molar-refractivity contribution is 7.98. The van der Waals surface area contributed by atoms with E-state index in [1.807, 2.05) is 20.8 Å². The van der Waals surface area contributed by atoms with Crippen LogP contribution in [0.25, 0.3) is 11.3 Å². The first-order valence-corrected chi connectivity index (χ1v) is 16.8. The first-order valence-electron chi connectivity index (χ1n) is 15.6. The standard InChI is InChI=1S/C35H38F3N3O5S/c1-19(42)45-29-11-8-23-32(29)39-17-21(34(23)41-12-6-7-20(18-41)13-30(44)46-35(2,3)4)14-28(43)27-10-9-24(36)33(40-27)31-25(37)15-22(47-5)16-26(31)38/h9-10,15-17,20,29H,6-8,11-14,18H2,1-5H3. The Balaban J connectivity index is 1.48. The molecule has 0 N–H and O–H groups in total. The van der Waals surface area contributed by atoms with Crippen LogP contribution in [0.1, 0.15) is 86.8 Å². The molecule has 0 saturated carbocycles. The summed E-state index contributed by atoms with van der Waals surface area (Å²) in [5.41, 5.74) is 0.892. The Morgan fingerprint density at radius 2 is 1.79 bits per heavy atom. The second-order valence-corrected chi connectivity index (χ2v) is 13.8. The first kappa shape index (κ1) is 34.4. The number of thioether (sulfide) groups is 1. The van der Waals surface area contributed by atoms with Gasteiger partial charge in [-0.1, -0.05) is 0 Å². The minimum atomic E-state index is -0.983. The molecule has 0 radical (unpaired) electrons. The summed E-state index contributed by atoms with van der Waals surface area (Å²) in [4.78, 5) is 49.4. The molecule has 250 valence electrons. The molecule has 1 aliphatic carbocycles. The Morgan fingerprint density at radius 1 is 1.06 bits per heavy atom. The molecule has 8 nitrogen and oxygen atoms in total. The van der Waals surface area contributed by atoms with Crippen molar-refractivity contribution < 1.29 is 37.0 Å². The molecule has 2 unspecified atom stereocenters. The van der Waals surface area contributed by atoms with Crippen molar-refractivity contribution in [1.82, 2.24) is 9.97 Å². The number of carbonyl (C=O) groups excluding carboxylic acids is 3. The molecule has 0 spiro atoms. The van der Waals surface area contributed by atoms with E-state index >= 15 is 0 Å². The van der Waals surface area contributed by atoms with Gasteiger partial charge in [0.15, 0.2) is 5.78 Å². The fraction of sp³-hybridized carbons (Fsp3) is 0.457. The highest BCUT2D eigenvalue weighted by Crippen LogP contribution is 2.42. The summed E-state index contributed by atoms with van der Waals surface area (Å²) in [7, 11) is 0. The van der Waals surface area contributed by atoms with Crippen LogP contribution < -0.4 is 4.90 Å². The lowest BCUT2D eigenvalue weighted by atomic mass is 9.92. The monoisotopic (exact) mass is 669 g/mol. The van der Waals surface area contributed by atoms with Gasteiger partial charge in [-0.2, -0.15) is 0 Å². The number of Topliss-reactive ketones (excluding diaryl/α,β-unsaturated/α-hetero) is 1. The van der Waals surface area contributed by atoms with Crippen LogP contribution in [-0.4, -0.2) is 52.6 Å². The van der Waals surface area contributed by atoms with Crippen molar-refractivity contribution in [3.8, 4) is 11.3 Å². The van der Waals surface area contributed by atoms with Crippen LogP contribution >= 0.6 is 11.8 Å². The molecule has 1 aromatic carbocycles. The molecule has 3 aromatic rings. The summed E-state index contributed by atoms with van der Waals surface area (Å²) in [6.07, 6.45) is 5.55. The highest BCUT2D eigenvalue weighted by Gasteiger charge is 2.34. The number of esters is 2. The fourth-order valence-corrected chi connectivity index (χ4v) is 6.80. The van der Waals surface area contributed by atoms with E-state index in [0.717, 1.165) is 54.1 Å². The molecule has 1 fully saturated rings. The SMILES string of the molecule is CSc1cc(F)c(-c2nc(C(=O)Cc3cnc4c(c3N3CCCC(CC(=O)OC(C)(C)C)C3)CCC4OC(C)=O)ccc2F)c(F)c1. The van der Waals surface area contributed by atoms with Gasteiger partial charge in [0.25, 0.3) is 0 Å². The van der Waals surface area contributed by atoms with Crippen LogP contribution in [0.15, 0.2) is 35.4 Å². The predicted octanol–water partition coefficient (Wildman–Crippen LogP) is 7.21. The van der Waals surface area contributed by atoms with E-state index in [1.165, 1.54) is 13.0 Å². The number of rotatable bonds is 9. The van der Waals surface area contributed by atoms with Crippen LogP contribution in [-0.2, 0) is 31.9 Å². The zero-order valence-corrected chi connectivity index (χ0v) is 27.9. The summed E-state index contributed by atoms with van der Waals surface area (Å²) < 4.78 is 55.8. The number of halogens is 3. The maximum Gasteiger partial charge on any atom is 0.306 e. The molecule has 47 heavy (non-hydrogen) atoms. The van der Waals surface area contributed by atoms with Gasteiger partial charge in [-0.05, 0) is 82.9 Å². The molecule has 12 heteroatoms. The van der Waals surface area contributed by atoms with Gasteiger partial charge in [0.1, 0.15) is 40.5 Å². The third kappa shape index (κ3) is 7.97. The van der Waals surface area contributed by atoms with Crippen molar-refractivity contribution in [2.45, 2.75) is 82.8 Å². The lowest BCUT2D eigenvalue weighted by Gasteiger charge is -2.36. The van der Waals surface area contributed by atoms with E-state index in [9.17, 15) is 27.6 Å². The van der Waals surface area contributed by atoms with Crippen LogP contribution in [0.3, 0.4) is 0 Å². The maximum atomic E-state index is 14.9. The fourth-order valence-electron chi connectivity index (χ4n) is 6.36. The highest BCUT2D eigenvalue weighted by atomic mass is 32.2. The number of fused-ring (bicyclic) bond motifs is 1. The molecular formula is C35H38F3N3O5S. The number of ether oxygens (including phenoxy) is 2. The normalized spacial score (nSPS) is 17.7. The van der Waals surface area contributed by atoms with Gasteiger partial charge in [0, 0.05) is 54.3 Å². The second kappa shape index (κ2) is 14.0. The molecule has 3 heterocycles. The Hall–Kier alpha value is -3.93. The molecule has 2 atom stereocenters. The topological polar surface area (TPSA) is 98.7 Å². The predicted molar refractivity (Wildman–Crippen MR) is 172 cm³/mol. The van der Waals surface area contributed by atoms with Crippen molar-refractivity contribution in [2.75, 3.05) is 24.2 Å².